The van der Waals surface area contributed by atoms with Crippen LogP contribution in [0.3, 0.4) is 0 Å². The molecule has 2 heterocycles. The Balaban J connectivity index is 0.000000277. The molecule has 25 heavy (non-hydrogen) atoms. The lowest BCUT2D eigenvalue weighted by atomic mass is 10.1. The number of carbonyl (C=O) groups is 1. The van der Waals surface area contributed by atoms with E-state index in [-0.39, 0.29) is 5.69 Å². The van der Waals surface area contributed by atoms with Gasteiger partial charge in [-0.1, -0.05) is 30.3 Å². The quantitative estimate of drug-likeness (QED) is 0.795. The summed E-state index contributed by atoms with van der Waals surface area (Å²) in [6.45, 7) is 2.23. The summed E-state index contributed by atoms with van der Waals surface area (Å²) in [6, 6.07) is 10.3. The molecule has 0 atom stereocenters. The number of aliphatic carboxylic acids is 1. The van der Waals surface area contributed by atoms with Crippen molar-refractivity contribution in [2.45, 2.75) is 25.1 Å². The van der Waals surface area contributed by atoms with Crippen molar-refractivity contribution in [2.24, 2.45) is 0 Å². The Bertz CT molecular complexity index is 747. The van der Waals surface area contributed by atoms with E-state index in [0.717, 1.165) is 37.2 Å². The number of carbonyl (C=O) groups excluding carboxylic acids is 1. The van der Waals surface area contributed by atoms with Gasteiger partial charge in [-0.15, -0.1) is 0 Å². The van der Waals surface area contributed by atoms with Crippen LogP contribution in [-0.2, 0) is 4.79 Å². The first-order valence-corrected chi connectivity index (χ1v) is 7.75. The van der Waals surface area contributed by atoms with Gasteiger partial charge in [0, 0.05) is 25.1 Å². The number of imidazole rings is 1. The van der Waals surface area contributed by atoms with Crippen LogP contribution >= 0.6 is 0 Å². The van der Waals surface area contributed by atoms with Crippen LogP contribution in [0.25, 0.3) is 11.3 Å². The summed E-state index contributed by atoms with van der Waals surface area (Å²) < 4.78 is 33.4. The van der Waals surface area contributed by atoms with Gasteiger partial charge in [0.25, 0.3) is 0 Å². The standard InChI is InChI=1S/C14H17N3O.C2HF3O2/c18-14-16-13(11-4-2-1-3-5-11)10-17(14)12-6-8-15-9-7-12;3-2(4,5)1(6)7/h1-5,10,12,15H,6-9H2,(H,16,18);(H,6,7). The largest absolute Gasteiger partial charge is 0.542 e. The highest BCUT2D eigenvalue weighted by atomic mass is 19.4. The molecule has 9 heteroatoms. The molecular weight excluding hydrogens is 339 g/mol. The van der Waals surface area contributed by atoms with E-state index in [1.165, 1.54) is 0 Å². The van der Waals surface area contributed by atoms with Crippen molar-refractivity contribution in [1.82, 2.24) is 9.55 Å². The monoisotopic (exact) mass is 357 g/mol. The number of nitrogens with zero attached hydrogens (tertiary/aromatic N) is 1. The maximum Gasteiger partial charge on any atom is 0.430 e. The Morgan fingerprint density at radius 3 is 2.28 bits per heavy atom. The fraction of sp³-hybridized carbons (Fsp3) is 0.375. The van der Waals surface area contributed by atoms with Crippen LogP contribution < -0.4 is 16.1 Å². The third kappa shape index (κ3) is 5.21. The molecule has 1 saturated heterocycles. The number of hydrogen-bond donors (Lipinski definition) is 2. The molecule has 0 amide bonds. The van der Waals surface area contributed by atoms with Crippen LogP contribution in [0.4, 0.5) is 13.2 Å². The minimum absolute atomic E-state index is 0.0146. The van der Waals surface area contributed by atoms with E-state index in [4.69, 9.17) is 9.90 Å². The SMILES string of the molecule is O=C([O-])C(F)(F)F.O=c1[nH]c(-c2ccccc2)cn1C1CC[NH2+]CC1. The van der Waals surface area contributed by atoms with E-state index in [9.17, 15) is 18.0 Å². The number of carboxylic acids is 1. The second kappa shape index (κ2) is 8.02. The Morgan fingerprint density at radius 1 is 1.20 bits per heavy atom. The van der Waals surface area contributed by atoms with E-state index >= 15 is 0 Å². The Morgan fingerprint density at radius 2 is 1.76 bits per heavy atom. The summed E-state index contributed by atoms with van der Waals surface area (Å²) in [5, 5.41) is 11.1. The molecule has 0 spiro atoms. The number of aromatic amines is 1. The first-order valence-electron chi connectivity index (χ1n) is 7.75. The van der Waals surface area contributed by atoms with Crippen molar-refractivity contribution in [3.63, 3.8) is 0 Å². The van der Waals surface area contributed by atoms with Gasteiger partial charge < -0.3 is 20.2 Å². The van der Waals surface area contributed by atoms with Gasteiger partial charge in [-0.2, -0.15) is 13.2 Å². The van der Waals surface area contributed by atoms with Gasteiger partial charge in [0.1, 0.15) is 5.97 Å². The third-order valence-electron chi connectivity index (χ3n) is 3.86. The van der Waals surface area contributed by atoms with Crippen molar-refractivity contribution in [2.75, 3.05) is 13.1 Å². The molecule has 1 aromatic carbocycles. The average Bonchev–Trinajstić information content (AvgIpc) is 2.98. The summed E-state index contributed by atoms with van der Waals surface area (Å²) in [6.07, 6.45) is -1.08. The lowest BCUT2D eigenvalue weighted by Gasteiger charge is -2.20. The number of aromatic nitrogens is 2. The molecule has 0 aliphatic carbocycles. The van der Waals surface area contributed by atoms with Crippen molar-refractivity contribution < 1.29 is 28.4 Å². The second-order valence-electron chi connectivity index (χ2n) is 5.63. The number of carboxylic acid groups (broad SMARTS) is 1. The summed E-state index contributed by atoms with van der Waals surface area (Å²) in [7, 11) is 0. The van der Waals surface area contributed by atoms with Gasteiger partial charge in [-0.05, 0) is 5.56 Å². The molecule has 1 aromatic heterocycles. The minimum atomic E-state index is -5.19. The number of piperidine rings is 1. The fourth-order valence-corrected chi connectivity index (χ4v) is 2.63. The Kier molecular flexibility index (Phi) is 6.02. The number of nitrogens with two attached hydrogens (primary N) is 1. The number of benzene rings is 1. The molecule has 136 valence electrons. The van der Waals surface area contributed by atoms with Gasteiger partial charge in [-0.3, -0.25) is 4.57 Å². The van der Waals surface area contributed by atoms with Crippen LogP contribution in [0, 0.1) is 0 Å². The predicted octanol–water partition coefficient (Wildman–Crippen LogP) is 0.0403. The predicted molar refractivity (Wildman–Crippen MR) is 81.5 cm³/mol. The molecule has 3 rings (SSSR count). The summed E-state index contributed by atoms with van der Waals surface area (Å²) >= 11 is 0. The molecule has 1 aliphatic rings. The lowest BCUT2D eigenvalue weighted by molar-refractivity contribution is -0.664. The van der Waals surface area contributed by atoms with Crippen molar-refractivity contribution in [3.8, 4) is 11.3 Å². The first kappa shape index (κ1) is 18.8. The van der Waals surface area contributed by atoms with Crippen LogP contribution in [0.15, 0.2) is 41.3 Å². The second-order valence-corrected chi connectivity index (χ2v) is 5.63. The number of alkyl halides is 3. The number of nitrogens with one attached hydrogen (secondary N) is 1. The maximum absolute atomic E-state index is 12.0. The van der Waals surface area contributed by atoms with Gasteiger partial charge in [0.05, 0.1) is 18.8 Å². The van der Waals surface area contributed by atoms with Crippen molar-refractivity contribution in [1.29, 1.82) is 0 Å². The normalized spacial score (nSPS) is 15.3. The van der Waals surface area contributed by atoms with Gasteiger partial charge in [0.15, 0.2) is 0 Å². The van der Waals surface area contributed by atoms with E-state index in [0.29, 0.717) is 6.04 Å². The molecule has 1 fully saturated rings. The van der Waals surface area contributed by atoms with E-state index < -0.39 is 12.1 Å². The third-order valence-corrected chi connectivity index (χ3v) is 3.86. The molecule has 2 aromatic rings. The Labute approximate surface area is 141 Å². The number of quaternary nitrogens is 1. The smallest absolute Gasteiger partial charge is 0.430 e. The number of halogens is 3. The van der Waals surface area contributed by atoms with Crippen LogP contribution in [0.1, 0.15) is 18.9 Å². The number of rotatable bonds is 2. The Hall–Kier alpha value is -2.55. The molecule has 0 radical (unpaired) electrons. The van der Waals surface area contributed by atoms with Gasteiger partial charge in [-0.25, -0.2) is 4.79 Å². The molecule has 0 saturated carbocycles. The topological polar surface area (TPSA) is 94.5 Å². The number of H-pyrrole nitrogens is 1. The minimum Gasteiger partial charge on any atom is -0.542 e. The maximum atomic E-state index is 12.0. The number of hydrogen-bond acceptors (Lipinski definition) is 3. The highest BCUT2D eigenvalue weighted by Gasteiger charge is 2.28. The van der Waals surface area contributed by atoms with E-state index in [1.54, 1.807) is 0 Å². The summed E-state index contributed by atoms with van der Waals surface area (Å²) in [4.78, 5) is 23.7. The van der Waals surface area contributed by atoms with Crippen molar-refractivity contribution in [3.05, 3.63) is 47.0 Å². The van der Waals surface area contributed by atoms with Gasteiger partial charge >= 0.3 is 11.9 Å². The molecule has 3 N–H and O–H groups in total. The zero-order valence-electron chi connectivity index (χ0n) is 13.3. The lowest BCUT2D eigenvalue weighted by Crippen LogP contribution is -2.86. The zero-order chi connectivity index (χ0) is 18.4. The highest BCUT2D eigenvalue weighted by molar-refractivity contribution is 5.70. The van der Waals surface area contributed by atoms with Gasteiger partial charge in [0.2, 0.25) is 0 Å². The first-order chi connectivity index (χ1) is 11.8. The molecular formula is C16H18F3N3O3. The van der Waals surface area contributed by atoms with Crippen molar-refractivity contribution >= 4 is 5.97 Å². The van der Waals surface area contributed by atoms with Crippen LogP contribution in [0.5, 0.6) is 0 Å². The average molecular weight is 357 g/mol. The summed E-state index contributed by atoms with van der Waals surface area (Å²) in [5.41, 5.74) is 1.99. The fourth-order valence-electron chi connectivity index (χ4n) is 2.63. The van der Waals surface area contributed by atoms with Crippen LogP contribution in [-0.4, -0.2) is 34.8 Å². The highest BCUT2D eigenvalue weighted by Crippen LogP contribution is 2.19. The summed E-state index contributed by atoms with van der Waals surface area (Å²) in [5.74, 6) is -3.01. The zero-order valence-corrected chi connectivity index (χ0v) is 13.3. The molecule has 0 bridgehead atoms. The molecule has 0 unspecified atom stereocenters. The molecule has 6 nitrogen and oxygen atoms in total. The molecule has 1 aliphatic heterocycles. The van der Waals surface area contributed by atoms with Crippen LogP contribution in [0.2, 0.25) is 0 Å². The van der Waals surface area contributed by atoms with E-state index in [1.807, 2.05) is 41.1 Å². The van der Waals surface area contributed by atoms with E-state index in [2.05, 4.69) is 10.3 Å².